The number of nitrogens with zero attached hydrogens (tertiary/aromatic N) is 2. The van der Waals surface area contributed by atoms with Crippen molar-refractivity contribution < 1.29 is 0 Å². The number of nitrogens with one attached hydrogen (secondary N) is 1. The smallest absolute Gasteiger partial charge is 0.0798 e. The first-order chi connectivity index (χ1) is 7.66. The number of hydrogen-bond acceptors (Lipinski definition) is 4. The average Bonchev–Trinajstić information content (AvgIpc) is 2.79. The summed E-state index contributed by atoms with van der Waals surface area (Å²) in [5, 5.41) is 3.51. The molecule has 0 spiro atoms. The monoisotopic (exact) mass is 239 g/mol. The molecule has 1 aliphatic rings. The Labute approximate surface area is 102 Å². The Morgan fingerprint density at radius 1 is 1.62 bits per heavy atom. The van der Waals surface area contributed by atoms with E-state index in [2.05, 4.69) is 36.1 Å². The number of aryl methyl sites for hydroxylation is 1. The van der Waals surface area contributed by atoms with Crippen molar-refractivity contribution in [2.24, 2.45) is 5.92 Å². The molecule has 90 valence electrons. The van der Waals surface area contributed by atoms with E-state index in [0.29, 0.717) is 6.04 Å². The van der Waals surface area contributed by atoms with Crippen LogP contribution in [-0.4, -0.2) is 36.1 Å². The second kappa shape index (κ2) is 5.25. The van der Waals surface area contributed by atoms with Crippen LogP contribution in [0.4, 0.5) is 0 Å². The summed E-state index contributed by atoms with van der Waals surface area (Å²) >= 11 is 1.77. The lowest BCUT2D eigenvalue weighted by Gasteiger charge is -2.23. The van der Waals surface area contributed by atoms with E-state index < -0.39 is 0 Å². The van der Waals surface area contributed by atoms with Gasteiger partial charge in [-0.15, -0.1) is 11.3 Å². The van der Waals surface area contributed by atoms with E-state index in [1.165, 1.54) is 30.1 Å². The van der Waals surface area contributed by atoms with Crippen molar-refractivity contribution in [3.05, 3.63) is 16.1 Å². The Bertz CT molecular complexity index is 337. The lowest BCUT2D eigenvalue weighted by Crippen LogP contribution is -2.32. The predicted molar refractivity (Wildman–Crippen MR) is 68.8 cm³/mol. The minimum absolute atomic E-state index is 0.671. The van der Waals surface area contributed by atoms with Crippen LogP contribution in [0, 0.1) is 12.8 Å². The number of rotatable bonds is 4. The lowest BCUT2D eigenvalue weighted by molar-refractivity contribution is 0.261. The fourth-order valence-corrected chi connectivity index (χ4v) is 3.21. The van der Waals surface area contributed by atoms with Gasteiger partial charge in [0, 0.05) is 24.0 Å². The Morgan fingerprint density at radius 3 is 3.00 bits per heavy atom. The predicted octanol–water partition coefficient (Wildman–Crippen LogP) is 1.88. The van der Waals surface area contributed by atoms with Gasteiger partial charge in [0.25, 0.3) is 0 Å². The molecule has 2 rings (SSSR count). The molecule has 0 aliphatic carbocycles. The first-order valence-corrected chi connectivity index (χ1v) is 6.85. The third-order valence-electron chi connectivity index (χ3n) is 3.49. The molecule has 1 fully saturated rings. The third kappa shape index (κ3) is 2.81. The van der Waals surface area contributed by atoms with E-state index in [9.17, 15) is 0 Å². The van der Waals surface area contributed by atoms with Crippen molar-refractivity contribution >= 4 is 11.3 Å². The molecular weight excluding hydrogens is 218 g/mol. The van der Waals surface area contributed by atoms with Crippen LogP contribution in [-0.2, 0) is 6.54 Å². The molecule has 0 bridgehead atoms. The van der Waals surface area contributed by atoms with Crippen LogP contribution < -0.4 is 5.32 Å². The van der Waals surface area contributed by atoms with Crippen LogP contribution >= 0.6 is 11.3 Å². The normalized spacial score (nSPS) is 25.5. The molecule has 2 atom stereocenters. The molecule has 16 heavy (non-hydrogen) atoms. The summed E-state index contributed by atoms with van der Waals surface area (Å²) in [7, 11) is 2.21. The van der Waals surface area contributed by atoms with Gasteiger partial charge in [-0.1, -0.05) is 0 Å². The second-order valence-electron chi connectivity index (χ2n) is 4.85. The van der Waals surface area contributed by atoms with Crippen molar-refractivity contribution in [2.75, 3.05) is 20.1 Å². The lowest BCUT2D eigenvalue weighted by atomic mass is 10.0. The fourth-order valence-electron chi connectivity index (χ4n) is 2.35. The summed E-state index contributed by atoms with van der Waals surface area (Å²) in [5.74, 6) is 0.804. The molecule has 1 saturated heterocycles. The van der Waals surface area contributed by atoms with Crippen LogP contribution in [0.2, 0.25) is 0 Å². The maximum absolute atomic E-state index is 4.30. The Balaban J connectivity index is 1.84. The van der Waals surface area contributed by atoms with Gasteiger partial charge in [0.1, 0.15) is 0 Å². The van der Waals surface area contributed by atoms with Gasteiger partial charge in [-0.05, 0) is 39.8 Å². The van der Waals surface area contributed by atoms with Crippen LogP contribution in [0.5, 0.6) is 0 Å². The van der Waals surface area contributed by atoms with Gasteiger partial charge in [-0.2, -0.15) is 0 Å². The molecule has 0 aromatic carbocycles. The van der Waals surface area contributed by atoms with Crippen molar-refractivity contribution in [3.8, 4) is 0 Å². The van der Waals surface area contributed by atoms with Gasteiger partial charge in [0.15, 0.2) is 0 Å². The van der Waals surface area contributed by atoms with E-state index >= 15 is 0 Å². The van der Waals surface area contributed by atoms with Gasteiger partial charge in [-0.25, -0.2) is 4.98 Å². The van der Waals surface area contributed by atoms with Crippen LogP contribution in [0.15, 0.2) is 5.51 Å². The summed E-state index contributed by atoms with van der Waals surface area (Å²) < 4.78 is 0. The number of hydrogen-bond donors (Lipinski definition) is 1. The highest BCUT2D eigenvalue weighted by Gasteiger charge is 2.23. The van der Waals surface area contributed by atoms with E-state index in [0.717, 1.165) is 12.5 Å². The van der Waals surface area contributed by atoms with E-state index in [1.807, 2.05) is 5.51 Å². The highest BCUT2D eigenvalue weighted by Crippen LogP contribution is 2.19. The highest BCUT2D eigenvalue weighted by atomic mass is 32.1. The molecule has 2 unspecified atom stereocenters. The molecular formula is C12H21N3S. The van der Waals surface area contributed by atoms with E-state index in [-0.39, 0.29) is 0 Å². The maximum Gasteiger partial charge on any atom is 0.0798 e. The van der Waals surface area contributed by atoms with Crippen molar-refractivity contribution in [2.45, 2.75) is 32.9 Å². The number of thiazole rings is 1. The van der Waals surface area contributed by atoms with Crippen LogP contribution in [0.3, 0.4) is 0 Å². The molecule has 3 nitrogen and oxygen atoms in total. The molecule has 0 saturated carbocycles. The zero-order valence-electron chi connectivity index (χ0n) is 10.4. The number of aromatic nitrogens is 1. The van der Waals surface area contributed by atoms with E-state index in [1.54, 1.807) is 11.3 Å². The second-order valence-corrected chi connectivity index (χ2v) is 5.79. The van der Waals surface area contributed by atoms with Crippen molar-refractivity contribution in [3.63, 3.8) is 0 Å². The fraction of sp³-hybridized carbons (Fsp3) is 0.750. The average molecular weight is 239 g/mol. The molecule has 1 N–H and O–H groups in total. The van der Waals surface area contributed by atoms with Gasteiger partial charge in [-0.3, -0.25) is 0 Å². The van der Waals surface area contributed by atoms with Crippen molar-refractivity contribution in [1.29, 1.82) is 0 Å². The SMILES string of the molecule is Cc1ncsc1CN(C)CC1CCNC1C. The molecule has 0 radical (unpaired) electrons. The Hall–Kier alpha value is -0.450. The summed E-state index contributed by atoms with van der Waals surface area (Å²) in [6.07, 6.45) is 1.31. The van der Waals surface area contributed by atoms with Gasteiger partial charge < -0.3 is 10.2 Å². The minimum atomic E-state index is 0.671. The minimum Gasteiger partial charge on any atom is -0.314 e. The molecule has 1 aliphatic heterocycles. The molecule has 1 aromatic rings. The third-order valence-corrected chi connectivity index (χ3v) is 4.41. The standard InChI is InChI=1S/C12H21N3S/c1-9-11(4-5-13-9)6-15(3)7-12-10(2)14-8-16-12/h8-9,11,13H,4-7H2,1-3H3. The van der Waals surface area contributed by atoms with Gasteiger partial charge in [0.05, 0.1) is 11.2 Å². The molecule has 1 aromatic heterocycles. The summed E-state index contributed by atoms with van der Waals surface area (Å²) in [6, 6.07) is 0.671. The highest BCUT2D eigenvalue weighted by molar-refractivity contribution is 7.09. The Kier molecular flexibility index (Phi) is 3.95. The van der Waals surface area contributed by atoms with Crippen LogP contribution in [0.25, 0.3) is 0 Å². The summed E-state index contributed by atoms with van der Waals surface area (Å²) in [5.41, 5.74) is 3.13. The quantitative estimate of drug-likeness (QED) is 0.869. The molecule has 0 amide bonds. The first kappa shape index (κ1) is 12.0. The maximum atomic E-state index is 4.30. The van der Waals surface area contributed by atoms with Gasteiger partial charge in [0.2, 0.25) is 0 Å². The van der Waals surface area contributed by atoms with Crippen LogP contribution in [0.1, 0.15) is 23.9 Å². The zero-order valence-corrected chi connectivity index (χ0v) is 11.2. The zero-order chi connectivity index (χ0) is 11.5. The van der Waals surface area contributed by atoms with Gasteiger partial charge >= 0.3 is 0 Å². The first-order valence-electron chi connectivity index (χ1n) is 5.97. The molecule has 4 heteroatoms. The van der Waals surface area contributed by atoms with E-state index in [4.69, 9.17) is 0 Å². The Morgan fingerprint density at radius 2 is 2.44 bits per heavy atom. The van der Waals surface area contributed by atoms with Crippen molar-refractivity contribution in [1.82, 2.24) is 15.2 Å². The largest absolute Gasteiger partial charge is 0.314 e. The summed E-state index contributed by atoms with van der Waals surface area (Å²) in [6.45, 7) is 7.80. The summed E-state index contributed by atoms with van der Waals surface area (Å²) in [4.78, 5) is 8.13. The molecule has 2 heterocycles. The topological polar surface area (TPSA) is 28.2 Å².